The van der Waals surface area contributed by atoms with Crippen LogP contribution < -0.4 is 0 Å². The lowest BCUT2D eigenvalue weighted by Crippen LogP contribution is -1.97. The summed E-state index contributed by atoms with van der Waals surface area (Å²) in [6.07, 6.45) is 1.58. The molecule has 0 radical (unpaired) electrons. The van der Waals surface area contributed by atoms with Gasteiger partial charge in [0, 0.05) is 0 Å². The number of benzene rings is 1. The normalized spacial score (nSPS) is 13.2. The van der Waals surface area contributed by atoms with Gasteiger partial charge in [0.2, 0.25) is 0 Å². The summed E-state index contributed by atoms with van der Waals surface area (Å²) in [4.78, 5) is 0. The molecule has 0 heterocycles. The molecule has 78 valence electrons. The predicted molar refractivity (Wildman–Crippen MR) is 60.4 cm³/mol. The first-order chi connectivity index (χ1) is 6.65. The van der Waals surface area contributed by atoms with Crippen LogP contribution in [0.3, 0.4) is 0 Å². The fraction of sp³-hybridized carbons (Fsp3) is 0.538. The lowest BCUT2D eigenvalue weighted by atomic mass is 9.99. The summed E-state index contributed by atoms with van der Waals surface area (Å²) in [5, 5.41) is 9.75. The van der Waals surface area contributed by atoms with Crippen LogP contribution in [-0.2, 0) is 0 Å². The minimum absolute atomic E-state index is 0.291. The Bertz CT molecular complexity index is 261. The van der Waals surface area contributed by atoms with Crippen LogP contribution in [-0.4, -0.2) is 5.11 Å². The number of hydrogen-bond donors (Lipinski definition) is 1. The van der Waals surface area contributed by atoms with Crippen molar-refractivity contribution in [2.24, 2.45) is 0 Å². The van der Waals surface area contributed by atoms with Gasteiger partial charge in [-0.2, -0.15) is 0 Å². The molecule has 1 N–H and O–H groups in total. The molecule has 14 heavy (non-hydrogen) atoms. The van der Waals surface area contributed by atoms with Gasteiger partial charge in [-0.1, -0.05) is 51.5 Å². The molecule has 1 atom stereocenters. The molecule has 0 spiro atoms. The number of aliphatic hydroxyl groups is 1. The zero-order chi connectivity index (χ0) is 10.6. The van der Waals surface area contributed by atoms with Crippen molar-refractivity contribution in [3.8, 4) is 0 Å². The molecule has 1 rings (SSSR count). The molecule has 0 aliphatic rings. The van der Waals surface area contributed by atoms with Gasteiger partial charge in [0.05, 0.1) is 6.10 Å². The maximum atomic E-state index is 9.75. The second kappa shape index (κ2) is 5.16. The summed E-state index contributed by atoms with van der Waals surface area (Å²) >= 11 is 0. The Hall–Kier alpha value is -0.820. The van der Waals surface area contributed by atoms with Gasteiger partial charge in [0.1, 0.15) is 0 Å². The number of hydrogen-bond acceptors (Lipinski definition) is 1. The highest BCUT2D eigenvalue weighted by atomic mass is 16.3. The second-order valence-corrected chi connectivity index (χ2v) is 4.13. The number of aliphatic hydroxyl groups excluding tert-OH is 1. The van der Waals surface area contributed by atoms with E-state index in [4.69, 9.17) is 0 Å². The van der Waals surface area contributed by atoms with Gasteiger partial charge >= 0.3 is 0 Å². The molecule has 0 aromatic heterocycles. The van der Waals surface area contributed by atoms with Crippen LogP contribution in [0.5, 0.6) is 0 Å². The summed E-state index contributed by atoms with van der Waals surface area (Å²) in [7, 11) is 0. The molecule has 0 amide bonds. The van der Waals surface area contributed by atoms with Crippen molar-refractivity contribution < 1.29 is 5.11 Å². The summed E-state index contributed by atoms with van der Waals surface area (Å²) in [6.45, 7) is 6.45. The lowest BCUT2D eigenvalue weighted by Gasteiger charge is -2.11. The fourth-order valence-electron chi connectivity index (χ4n) is 1.54. The minimum Gasteiger partial charge on any atom is -0.388 e. The van der Waals surface area contributed by atoms with Crippen molar-refractivity contribution in [3.63, 3.8) is 0 Å². The molecule has 0 saturated carbocycles. The van der Waals surface area contributed by atoms with Crippen LogP contribution in [0, 0.1) is 0 Å². The monoisotopic (exact) mass is 192 g/mol. The van der Waals surface area contributed by atoms with E-state index in [9.17, 15) is 5.11 Å². The highest BCUT2D eigenvalue weighted by molar-refractivity contribution is 5.25. The molecule has 0 bridgehead atoms. The molecule has 0 fully saturated rings. The third kappa shape index (κ3) is 2.85. The minimum atomic E-state index is -0.291. The van der Waals surface area contributed by atoms with Crippen LogP contribution in [0.15, 0.2) is 24.3 Å². The highest BCUT2D eigenvalue weighted by Gasteiger charge is 2.06. The van der Waals surface area contributed by atoms with E-state index in [-0.39, 0.29) is 6.10 Å². The first kappa shape index (κ1) is 11.3. The quantitative estimate of drug-likeness (QED) is 0.772. The van der Waals surface area contributed by atoms with Gasteiger partial charge in [-0.3, -0.25) is 0 Å². The molecule has 1 heteroatoms. The van der Waals surface area contributed by atoms with Crippen molar-refractivity contribution in [2.75, 3.05) is 0 Å². The van der Waals surface area contributed by atoms with Gasteiger partial charge in [-0.05, 0) is 23.5 Å². The van der Waals surface area contributed by atoms with Gasteiger partial charge in [-0.25, -0.2) is 0 Å². The Morgan fingerprint density at radius 1 is 1.07 bits per heavy atom. The summed E-state index contributed by atoms with van der Waals surface area (Å²) in [6, 6.07) is 8.29. The first-order valence-electron chi connectivity index (χ1n) is 5.43. The number of rotatable bonds is 4. The van der Waals surface area contributed by atoms with Crippen LogP contribution in [0.1, 0.15) is 56.8 Å². The van der Waals surface area contributed by atoms with E-state index < -0.39 is 0 Å². The molecule has 1 unspecified atom stereocenters. The van der Waals surface area contributed by atoms with Gasteiger partial charge in [-0.15, -0.1) is 0 Å². The van der Waals surface area contributed by atoms with E-state index in [2.05, 4.69) is 32.9 Å². The van der Waals surface area contributed by atoms with Crippen molar-refractivity contribution in [1.29, 1.82) is 0 Å². The fourth-order valence-corrected chi connectivity index (χ4v) is 1.54. The molecule has 0 saturated heterocycles. The first-order valence-corrected chi connectivity index (χ1v) is 5.43. The average Bonchev–Trinajstić information content (AvgIpc) is 2.18. The topological polar surface area (TPSA) is 20.2 Å². The third-order valence-corrected chi connectivity index (χ3v) is 2.55. The van der Waals surface area contributed by atoms with Crippen molar-refractivity contribution in [1.82, 2.24) is 0 Å². The maximum absolute atomic E-state index is 9.75. The summed E-state index contributed by atoms with van der Waals surface area (Å²) in [5.74, 6) is 0.562. The van der Waals surface area contributed by atoms with Crippen LogP contribution in [0.2, 0.25) is 0 Å². The van der Waals surface area contributed by atoms with Crippen molar-refractivity contribution in [2.45, 2.75) is 45.6 Å². The molecule has 1 nitrogen and oxygen atoms in total. The molecule has 1 aromatic rings. The SMILES string of the molecule is CCCC(O)c1ccc(C(C)C)cc1. The van der Waals surface area contributed by atoms with Crippen molar-refractivity contribution in [3.05, 3.63) is 35.4 Å². The molecule has 0 aliphatic carbocycles. The Kier molecular flexibility index (Phi) is 4.15. The molecule has 1 aromatic carbocycles. The van der Waals surface area contributed by atoms with Gasteiger partial charge in [0.15, 0.2) is 0 Å². The maximum Gasteiger partial charge on any atom is 0.0790 e. The van der Waals surface area contributed by atoms with E-state index in [1.54, 1.807) is 0 Å². The predicted octanol–water partition coefficient (Wildman–Crippen LogP) is 3.64. The van der Waals surface area contributed by atoms with Crippen LogP contribution in [0.25, 0.3) is 0 Å². The largest absolute Gasteiger partial charge is 0.388 e. The summed E-state index contributed by atoms with van der Waals surface area (Å²) in [5.41, 5.74) is 2.37. The smallest absolute Gasteiger partial charge is 0.0790 e. The van der Waals surface area contributed by atoms with Gasteiger partial charge in [0.25, 0.3) is 0 Å². The van der Waals surface area contributed by atoms with Gasteiger partial charge < -0.3 is 5.11 Å². The third-order valence-electron chi connectivity index (χ3n) is 2.55. The standard InChI is InChI=1S/C13H20O/c1-4-5-13(14)12-8-6-11(7-9-12)10(2)3/h6-10,13-14H,4-5H2,1-3H3. The molecular weight excluding hydrogens is 172 g/mol. The second-order valence-electron chi connectivity index (χ2n) is 4.13. The Morgan fingerprint density at radius 2 is 1.57 bits per heavy atom. The van der Waals surface area contributed by atoms with E-state index >= 15 is 0 Å². The van der Waals surface area contributed by atoms with E-state index in [0.717, 1.165) is 18.4 Å². The average molecular weight is 192 g/mol. The molecular formula is C13H20O. The summed E-state index contributed by atoms with van der Waals surface area (Å²) < 4.78 is 0. The molecule has 0 aliphatic heterocycles. The lowest BCUT2D eigenvalue weighted by molar-refractivity contribution is 0.166. The zero-order valence-electron chi connectivity index (χ0n) is 9.33. The van der Waals surface area contributed by atoms with E-state index in [1.165, 1.54) is 5.56 Å². The Balaban J connectivity index is 2.72. The zero-order valence-corrected chi connectivity index (χ0v) is 9.33. The van der Waals surface area contributed by atoms with Crippen LogP contribution >= 0.6 is 0 Å². The Morgan fingerprint density at radius 3 is 2.00 bits per heavy atom. The Labute approximate surface area is 86.8 Å². The van der Waals surface area contributed by atoms with E-state index in [1.807, 2.05) is 12.1 Å². The highest BCUT2D eigenvalue weighted by Crippen LogP contribution is 2.21. The van der Waals surface area contributed by atoms with E-state index in [0.29, 0.717) is 5.92 Å². The van der Waals surface area contributed by atoms with Crippen LogP contribution in [0.4, 0.5) is 0 Å². The van der Waals surface area contributed by atoms with Crippen molar-refractivity contribution >= 4 is 0 Å².